The van der Waals surface area contributed by atoms with E-state index in [4.69, 9.17) is 5.73 Å². The second kappa shape index (κ2) is 4.74. The van der Waals surface area contributed by atoms with E-state index in [1.807, 2.05) is 0 Å². The summed E-state index contributed by atoms with van der Waals surface area (Å²) >= 11 is 1.05. The monoisotopic (exact) mass is 251 g/mol. The molecule has 0 aliphatic rings. The van der Waals surface area contributed by atoms with E-state index in [1.54, 1.807) is 5.38 Å². The largest absolute Gasteiger partial charge is 0.382 e. The van der Waals surface area contributed by atoms with E-state index in [-0.39, 0.29) is 28.8 Å². The number of hydrogen-bond donors (Lipinski definition) is 3. The maximum Gasteiger partial charge on any atom is 0.304 e. The molecule has 0 aliphatic heterocycles. The van der Waals surface area contributed by atoms with Crippen LogP contribution in [0.25, 0.3) is 0 Å². The van der Waals surface area contributed by atoms with Gasteiger partial charge < -0.3 is 16.0 Å². The molecule has 0 spiro atoms. The quantitative estimate of drug-likeness (QED) is 0.695. The Morgan fingerprint density at radius 2 is 2.29 bits per heavy atom. The van der Waals surface area contributed by atoms with Crippen molar-refractivity contribution in [2.75, 3.05) is 5.73 Å². The summed E-state index contributed by atoms with van der Waals surface area (Å²) in [6.07, 6.45) is 2.60. The number of H-pyrrole nitrogens is 1. The predicted molar refractivity (Wildman–Crippen MR) is 62.6 cm³/mol. The van der Waals surface area contributed by atoms with Crippen molar-refractivity contribution >= 4 is 23.1 Å². The Balaban J connectivity index is 1.98. The van der Waals surface area contributed by atoms with Crippen molar-refractivity contribution in [2.45, 2.75) is 6.54 Å². The van der Waals surface area contributed by atoms with Gasteiger partial charge in [-0.05, 0) is 0 Å². The van der Waals surface area contributed by atoms with Crippen LogP contribution in [0.15, 0.2) is 22.6 Å². The Labute approximate surface area is 99.7 Å². The topological polar surface area (TPSA) is 114 Å². The third-order valence-electron chi connectivity index (χ3n) is 1.91. The van der Waals surface area contributed by atoms with E-state index in [0.29, 0.717) is 5.69 Å². The van der Waals surface area contributed by atoms with Gasteiger partial charge in [-0.15, -0.1) is 0 Å². The highest BCUT2D eigenvalue weighted by Crippen LogP contribution is 1.98. The molecule has 0 bridgehead atoms. The van der Waals surface area contributed by atoms with Gasteiger partial charge in [0, 0.05) is 11.1 Å². The Kier molecular flexibility index (Phi) is 3.15. The summed E-state index contributed by atoms with van der Waals surface area (Å²) in [4.78, 5) is 32.5. The number of aromatic amines is 1. The number of thiazole rings is 1. The molecular weight excluding hydrogens is 242 g/mol. The Bertz CT molecular complexity index is 574. The summed E-state index contributed by atoms with van der Waals surface area (Å²) in [5.74, 6) is -0.117. The fourth-order valence-corrected chi connectivity index (χ4v) is 1.70. The van der Waals surface area contributed by atoms with E-state index in [9.17, 15) is 9.59 Å². The zero-order valence-corrected chi connectivity index (χ0v) is 9.45. The molecule has 2 aromatic heterocycles. The maximum absolute atomic E-state index is 11.6. The lowest BCUT2D eigenvalue weighted by molar-refractivity contribution is 0.0945. The number of nitrogen functional groups attached to an aromatic ring is 1. The van der Waals surface area contributed by atoms with Crippen LogP contribution in [0.2, 0.25) is 0 Å². The van der Waals surface area contributed by atoms with Gasteiger partial charge in [-0.3, -0.25) is 9.59 Å². The molecule has 0 aromatic carbocycles. The number of rotatable bonds is 3. The number of anilines is 1. The highest BCUT2D eigenvalue weighted by molar-refractivity contribution is 7.07. The van der Waals surface area contributed by atoms with E-state index in [2.05, 4.69) is 20.3 Å². The minimum atomic E-state index is -0.371. The number of aromatic nitrogens is 3. The molecule has 0 unspecified atom stereocenters. The maximum atomic E-state index is 11.6. The molecule has 4 N–H and O–H groups in total. The van der Waals surface area contributed by atoms with Crippen LogP contribution in [-0.2, 0) is 6.54 Å². The van der Waals surface area contributed by atoms with Crippen LogP contribution in [0.5, 0.6) is 0 Å². The lowest BCUT2D eigenvalue weighted by Gasteiger charge is -2.02. The standard InChI is InChI=1S/C9H9N5O2S/c10-7-3-11-6(2-12-7)8(15)13-1-5-4-17-9(16)14-5/h2-4H,1H2,(H2,10,12)(H,13,15)(H,14,16). The van der Waals surface area contributed by atoms with Crippen LogP contribution in [0.4, 0.5) is 5.82 Å². The molecule has 1 amide bonds. The van der Waals surface area contributed by atoms with Gasteiger partial charge in [0.15, 0.2) is 0 Å². The lowest BCUT2D eigenvalue weighted by Crippen LogP contribution is -2.24. The lowest BCUT2D eigenvalue weighted by atomic mass is 10.4. The minimum absolute atomic E-state index is 0.151. The summed E-state index contributed by atoms with van der Waals surface area (Å²) in [5.41, 5.74) is 6.18. The van der Waals surface area contributed by atoms with E-state index < -0.39 is 0 Å². The first-order valence-corrected chi connectivity index (χ1v) is 5.55. The summed E-state index contributed by atoms with van der Waals surface area (Å²) in [6, 6.07) is 0. The Morgan fingerprint density at radius 3 is 2.88 bits per heavy atom. The summed E-state index contributed by atoms with van der Waals surface area (Å²) in [5, 5.41) is 4.25. The summed E-state index contributed by atoms with van der Waals surface area (Å²) in [7, 11) is 0. The number of nitrogens with zero attached hydrogens (tertiary/aromatic N) is 2. The number of carbonyl (C=O) groups is 1. The molecule has 88 valence electrons. The average Bonchev–Trinajstić information content (AvgIpc) is 2.73. The number of nitrogens with two attached hydrogens (primary N) is 1. The zero-order valence-electron chi connectivity index (χ0n) is 8.64. The minimum Gasteiger partial charge on any atom is -0.382 e. The SMILES string of the molecule is Nc1cnc(C(=O)NCc2csc(=O)[nH]2)cn1. The third kappa shape index (κ3) is 2.88. The smallest absolute Gasteiger partial charge is 0.304 e. The molecule has 0 fully saturated rings. The van der Waals surface area contributed by atoms with Crippen molar-refractivity contribution in [2.24, 2.45) is 0 Å². The molecule has 0 radical (unpaired) electrons. The van der Waals surface area contributed by atoms with Gasteiger partial charge in [0.1, 0.15) is 11.5 Å². The van der Waals surface area contributed by atoms with E-state index in [1.165, 1.54) is 12.4 Å². The summed E-state index contributed by atoms with van der Waals surface area (Å²) < 4.78 is 0. The number of carbonyl (C=O) groups excluding carboxylic acids is 1. The highest BCUT2D eigenvalue weighted by atomic mass is 32.1. The second-order valence-corrected chi connectivity index (χ2v) is 4.02. The average molecular weight is 251 g/mol. The molecule has 2 rings (SSSR count). The third-order valence-corrected chi connectivity index (χ3v) is 2.63. The van der Waals surface area contributed by atoms with Gasteiger partial charge in [-0.2, -0.15) is 0 Å². The first kappa shape index (κ1) is 11.3. The molecule has 8 heteroatoms. The Hall–Kier alpha value is -2.22. The first-order chi connectivity index (χ1) is 8.15. The molecule has 7 nitrogen and oxygen atoms in total. The van der Waals surface area contributed by atoms with E-state index >= 15 is 0 Å². The van der Waals surface area contributed by atoms with Crippen LogP contribution in [0.1, 0.15) is 16.2 Å². The van der Waals surface area contributed by atoms with Crippen molar-refractivity contribution in [1.29, 1.82) is 0 Å². The van der Waals surface area contributed by atoms with Crippen molar-refractivity contribution in [3.63, 3.8) is 0 Å². The van der Waals surface area contributed by atoms with Crippen molar-refractivity contribution in [1.82, 2.24) is 20.3 Å². The van der Waals surface area contributed by atoms with Gasteiger partial charge in [-0.25, -0.2) is 9.97 Å². The zero-order chi connectivity index (χ0) is 12.3. The molecule has 0 saturated heterocycles. The van der Waals surface area contributed by atoms with Gasteiger partial charge in [0.2, 0.25) is 0 Å². The second-order valence-electron chi connectivity index (χ2n) is 3.18. The number of amides is 1. The number of hydrogen-bond acceptors (Lipinski definition) is 6. The molecule has 2 heterocycles. The number of nitrogens with one attached hydrogen (secondary N) is 2. The molecule has 0 aliphatic carbocycles. The fraction of sp³-hybridized carbons (Fsp3) is 0.111. The Morgan fingerprint density at radius 1 is 1.47 bits per heavy atom. The summed E-state index contributed by atoms with van der Waals surface area (Å²) in [6.45, 7) is 0.240. The van der Waals surface area contributed by atoms with Crippen LogP contribution < -0.4 is 15.9 Å². The van der Waals surface area contributed by atoms with Crippen LogP contribution in [-0.4, -0.2) is 20.9 Å². The molecule has 2 aromatic rings. The molecule has 17 heavy (non-hydrogen) atoms. The first-order valence-electron chi connectivity index (χ1n) is 4.67. The van der Waals surface area contributed by atoms with E-state index in [0.717, 1.165) is 11.3 Å². The normalized spacial score (nSPS) is 10.1. The van der Waals surface area contributed by atoms with Crippen LogP contribution in [0, 0.1) is 0 Å². The van der Waals surface area contributed by atoms with Crippen molar-refractivity contribution in [3.8, 4) is 0 Å². The molecule has 0 atom stereocenters. The van der Waals surface area contributed by atoms with Crippen LogP contribution in [0.3, 0.4) is 0 Å². The molecular formula is C9H9N5O2S. The molecule has 0 saturated carbocycles. The highest BCUT2D eigenvalue weighted by Gasteiger charge is 2.07. The van der Waals surface area contributed by atoms with Gasteiger partial charge in [0.05, 0.1) is 18.9 Å². The van der Waals surface area contributed by atoms with Gasteiger partial charge >= 0.3 is 4.87 Å². The van der Waals surface area contributed by atoms with Gasteiger partial charge in [-0.1, -0.05) is 11.3 Å². The fourth-order valence-electron chi connectivity index (χ4n) is 1.12. The van der Waals surface area contributed by atoms with Crippen molar-refractivity contribution < 1.29 is 4.79 Å². The van der Waals surface area contributed by atoms with Crippen LogP contribution >= 0.6 is 11.3 Å². The van der Waals surface area contributed by atoms with Gasteiger partial charge in [0.25, 0.3) is 5.91 Å². The van der Waals surface area contributed by atoms with Crippen molar-refractivity contribution in [3.05, 3.63) is 38.8 Å². The predicted octanol–water partition coefficient (Wildman–Crippen LogP) is -0.261.